The summed E-state index contributed by atoms with van der Waals surface area (Å²) in [7, 11) is 0. The van der Waals surface area contributed by atoms with Crippen molar-refractivity contribution in [2.75, 3.05) is 0 Å². The Bertz CT molecular complexity index is 428. The Hall–Kier alpha value is -0.250. The van der Waals surface area contributed by atoms with Crippen molar-refractivity contribution in [3.05, 3.63) is 27.7 Å². The first-order chi connectivity index (χ1) is 8.72. The molecule has 0 amide bonds. The van der Waals surface area contributed by atoms with E-state index in [4.69, 9.17) is 16.3 Å². The molecule has 2 bridgehead atoms. The molecule has 2 fully saturated rings. The third-order valence-corrected chi connectivity index (χ3v) is 5.24. The van der Waals surface area contributed by atoms with Crippen LogP contribution in [0.1, 0.15) is 32.1 Å². The van der Waals surface area contributed by atoms with Gasteiger partial charge in [-0.2, -0.15) is 0 Å². The molecule has 2 aliphatic rings. The third-order valence-electron chi connectivity index (χ3n) is 3.88. The van der Waals surface area contributed by atoms with Gasteiger partial charge in [0.25, 0.3) is 0 Å². The van der Waals surface area contributed by atoms with Crippen LogP contribution < -0.4 is 10.1 Å². The summed E-state index contributed by atoms with van der Waals surface area (Å²) in [6, 6.07) is 7.06. The molecule has 0 spiro atoms. The summed E-state index contributed by atoms with van der Waals surface area (Å²) in [6.45, 7) is 0. The number of ether oxygens (including phenoxy) is 1. The number of halogens is 2. The fraction of sp³-hybridized carbons (Fsp3) is 0.571. The molecule has 0 aliphatic carbocycles. The summed E-state index contributed by atoms with van der Waals surface area (Å²) < 4.78 is 7.00. The van der Waals surface area contributed by atoms with E-state index in [0.29, 0.717) is 23.2 Å². The van der Waals surface area contributed by atoms with Crippen LogP contribution in [-0.4, -0.2) is 18.2 Å². The molecule has 1 aromatic carbocycles. The maximum absolute atomic E-state index is 6.13. The average molecular weight is 331 g/mol. The van der Waals surface area contributed by atoms with Crippen molar-refractivity contribution in [1.29, 1.82) is 0 Å². The number of piperidine rings is 2. The lowest BCUT2D eigenvalue weighted by Gasteiger charge is -2.40. The maximum Gasteiger partial charge on any atom is 0.135 e. The minimum atomic E-state index is 0.316. The van der Waals surface area contributed by atoms with Crippen LogP contribution in [-0.2, 0) is 0 Å². The van der Waals surface area contributed by atoms with Crippen molar-refractivity contribution >= 4 is 27.5 Å². The second kappa shape index (κ2) is 5.40. The standard InChI is InChI=1S/C14H17BrClNO/c15-14-12(16)5-2-6-13(14)18-11-7-9-3-1-4-10(8-11)17-9/h2,5-6,9-11,17H,1,3-4,7-8H2/t9-,10+,11-. The molecule has 0 saturated carbocycles. The van der Waals surface area contributed by atoms with E-state index in [1.54, 1.807) is 0 Å². The topological polar surface area (TPSA) is 21.3 Å². The van der Waals surface area contributed by atoms with Crippen LogP contribution in [0.15, 0.2) is 22.7 Å². The summed E-state index contributed by atoms with van der Waals surface area (Å²) in [5.41, 5.74) is 0. The van der Waals surface area contributed by atoms with Crippen molar-refractivity contribution < 1.29 is 4.74 Å². The number of nitrogens with one attached hydrogen (secondary N) is 1. The number of rotatable bonds is 2. The zero-order chi connectivity index (χ0) is 12.5. The smallest absolute Gasteiger partial charge is 0.135 e. The van der Waals surface area contributed by atoms with E-state index in [9.17, 15) is 0 Å². The van der Waals surface area contributed by atoms with E-state index in [2.05, 4.69) is 21.2 Å². The van der Waals surface area contributed by atoms with Gasteiger partial charge < -0.3 is 10.1 Å². The van der Waals surface area contributed by atoms with Crippen molar-refractivity contribution in [2.24, 2.45) is 0 Å². The third kappa shape index (κ3) is 2.68. The second-order valence-electron chi connectivity index (χ2n) is 5.25. The Labute approximate surface area is 121 Å². The fourth-order valence-electron chi connectivity index (χ4n) is 3.06. The SMILES string of the molecule is Clc1cccc(O[C@@H]2C[C@H]3CCC[C@@H](C2)N3)c1Br. The molecule has 0 aromatic heterocycles. The fourth-order valence-corrected chi connectivity index (χ4v) is 3.59. The molecule has 0 radical (unpaired) electrons. The van der Waals surface area contributed by atoms with Gasteiger partial charge in [0.1, 0.15) is 11.9 Å². The predicted molar refractivity (Wildman–Crippen MR) is 77.4 cm³/mol. The van der Waals surface area contributed by atoms with Gasteiger partial charge in [0.05, 0.1) is 9.50 Å². The molecule has 2 aliphatic heterocycles. The Kier molecular flexibility index (Phi) is 3.83. The quantitative estimate of drug-likeness (QED) is 0.879. The molecule has 0 unspecified atom stereocenters. The largest absolute Gasteiger partial charge is 0.489 e. The first kappa shape index (κ1) is 12.8. The average Bonchev–Trinajstić information content (AvgIpc) is 2.35. The van der Waals surface area contributed by atoms with E-state index in [0.717, 1.165) is 23.1 Å². The van der Waals surface area contributed by atoms with Gasteiger partial charge in [-0.15, -0.1) is 0 Å². The van der Waals surface area contributed by atoms with Crippen LogP contribution in [0.4, 0.5) is 0 Å². The van der Waals surface area contributed by atoms with Gasteiger partial charge in [-0.25, -0.2) is 0 Å². The van der Waals surface area contributed by atoms with E-state index in [1.165, 1.54) is 19.3 Å². The maximum atomic E-state index is 6.13. The molecule has 98 valence electrons. The highest BCUT2D eigenvalue weighted by Crippen LogP contribution is 2.35. The van der Waals surface area contributed by atoms with Crippen molar-refractivity contribution in [3.63, 3.8) is 0 Å². The lowest BCUT2D eigenvalue weighted by Crippen LogP contribution is -2.51. The Morgan fingerprint density at radius 3 is 2.67 bits per heavy atom. The molecule has 1 N–H and O–H groups in total. The first-order valence-corrected chi connectivity index (χ1v) is 7.76. The molecule has 3 rings (SSSR count). The predicted octanol–water partition coefficient (Wildman–Crippen LogP) is 4.15. The van der Waals surface area contributed by atoms with Gasteiger partial charge in [0.15, 0.2) is 0 Å². The number of benzene rings is 1. The highest BCUT2D eigenvalue weighted by molar-refractivity contribution is 9.10. The Morgan fingerprint density at radius 1 is 1.22 bits per heavy atom. The minimum absolute atomic E-state index is 0.316. The minimum Gasteiger partial charge on any atom is -0.489 e. The van der Waals surface area contributed by atoms with Crippen LogP contribution >= 0.6 is 27.5 Å². The zero-order valence-corrected chi connectivity index (χ0v) is 12.5. The van der Waals surface area contributed by atoms with Gasteiger partial charge in [-0.05, 0) is 53.7 Å². The van der Waals surface area contributed by atoms with Crippen LogP contribution in [0.25, 0.3) is 0 Å². The molecule has 2 nitrogen and oxygen atoms in total. The van der Waals surface area contributed by atoms with Crippen LogP contribution in [0, 0.1) is 0 Å². The van der Waals surface area contributed by atoms with E-state index in [1.807, 2.05) is 18.2 Å². The molecule has 3 atom stereocenters. The lowest BCUT2D eigenvalue weighted by atomic mass is 9.85. The van der Waals surface area contributed by atoms with Crippen molar-refractivity contribution in [3.8, 4) is 5.75 Å². The van der Waals surface area contributed by atoms with Gasteiger partial charge in [0.2, 0.25) is 0 Å². The summed E-state index contributed by atoms with van der Waals surface area (Å²) in [5, 5.41) is 4.39. The summed E-state index contributed by atoms with van der Waals surface area (Å²) in [5.74, 6) is 0.868. The molecular weight excluding hydrogens is 314 g/mol. The highest BCUT2D eigenvalue weighted by atomic mass is 79.9. The van der Waals surface area contributed by atoms with Gasteiger partial charge in [0, 0.05) is 12.1 Å². The molecule has 1 aromatic rings. The summed E-state index contributed by atoms with van der Waals surface area (Å²) >= 11 is 9.58. The Morgan fingerprint density at radius 2 is 1.94 bits per heavy atom. The van der Waals surface area contributed by atoms with Gasteiger partial charge >= 0.3 is 0 Å². The van der Waals surface area contributed by atoms with Crippen molar-refractivity contribution in [1.82, 2.24) is 5.32 Å². The lowest BCUT2D eigenvalue weighted by molar-refractivity contribution is 0.0921. The molecular formula is C14H17BrClNO. The number of hydrogen-bond acceptors (Lipinski definition) is 2. The second-order valence-corrected chi connectivity index (χ2v) is 6.45. The first-order valence-electron chi connectivity index (χ1n) is 6.59. The van der Waals surface area contributed by atoms with Crippen LogP contribution in [0.3, 0.4) is 0 Å². The van der Waals surface area contributed by atoms with E-state index in [-0.39, 0.29) is 0 Å². The monoisotopic (exact) mass is 329 g/mol. The zero-order valence-electron chi connectivity index (χ0n) is 10.2. The van der Waals surface area contributed by atoms with Gasteiger partial charge in [-0.3, -0.25) is 0 Å². The normalized spacial score (nSPS) is 31.1. The number of hydrogen-bond donors (Lipinski definition) is 1. The number of fused-ring (bicyclic) bond motifs is 2. The molecule has 2 saturated heterocycles. The summed E-state index contributed by atoms with van der Waals surface area (Å²) in [4.78, 5) is 0. The molecule has 18 heavy (non-hydrogen) atoms. The van der Waals surface area contributed by atoms with Crippen LogP contribution in [0.5, 0.6) is 5.75 Å². The van der Waals surface area contributed by atoms with Crippen molar-refractivity contribution in [2.45, 2.75) is 50.3 Å². The van der Waals surface area contributed by atoms with E-state index >= 15 is 0 Å². The molecule has 4 heteroatoms. The summed E-state index contributed by atoms with van der Waals surface area (Å²) in [6.07, 6.45) is 6.46. The molecule has 2 heterocycles. The Balaban J connectivity index is 1.71. The van der Waals surface area contributed by atoms with E-state index < -0.39 is 0 Å². The van der Waals surface area contributed by atoms with Crippen LogP contribution in [0.2, 0.25) is 5.02 Å². The highest BCUT2D eigenvalue weighted by Gasteiger charge is 2.32. The van der Waals surface area contributed by atoms with Gasteiger partial charge in [-0.1, -0.05) is 24.1 Å².